The van der Waals surface area contributed by atoms with Crippen molar-refractivity contribution in [1.82, 2.24) is 5.32 Å². The third-order valence-corrected chi connectivity index (χ3v) is 4.48. The molecule has 0 aromatic carbocycles. The van der Waals surface area contributed by atoms with E-state index >= 15 is 0 Å². The Hall–Kier alpha value is -0.0800. The Bertz CT molecular complexity index is 261. The number of morpholine rings is 1. The SMILES string of the molecule is CC(C)C1NCCOC12CC(C)(C)CC2C. The lowest BCUT2D eigenvalue weighted by molar-refractivity contribution is -0.129. The maximum absolute atomic E-state index is 6.29. The first-order valence-electron chi connectivity index (χ1n) is 6.75. The Kier molecular flexibility index (Phi) is 3.09. The monoisotopic (exact) mass is 225 g/mol. The number of hydrogen-bond acceptors (Lipinski definition) is 2. The van der Waals surface area contributed by atoms with E-state index in [4.69, 9.17) is 4.74 Å². The number of nitrogens with one attached hydrogen (secondary N) is 1. The van der Waals surface area contributed by atoms with E-state index in [1.54, 1.807) is 0 Å². The van der Waals surface area contributed by atoms with Crippen molar-refractivity contribution in [2.45, 2.75) is 59.1 Å². The van der Waals surface area contributed by atoms with Crippen molar-refractivity contribution >= 4 is 0 Å². The summed E-state index contributed by atoms with van der Waals surface area (Å²) in [5.41, 5.74) is 0.529. The Morgan fingerprint density at radius 2 is 2.00 bits per heavy atom. The van der Waals surface area contributed by atoms with Gasteiger partial charge in [-0.05, 0) is 30.1 Å². The summed E-state index contributed by atoms with van der Waals surface area (Å²) in [7, 11) is 0. The molecule has 1 spiro atoms. The smallest absolute Gasteiger partial charge is 0.0868 e. The van der Waals surface area contributed by atoms with Crippen LogP contribution in [0.15, 0.2) is 0 Å². The standard InChI is InChI=1S/C14H27NO/c1-10(2)12-14(16-7-6-15-12)9-13(4,5)8-11(14)3/h10-12,15H,6-9H2,1-5H3. The van der Waals surface area contributed by atoms with Crippen molar-refractivity contribution in [2.24, 2.45) is 17.3 Å². The number of ether oxygens (including phenoxy) is 1. The van der Waals surface area contributed by atoms with Crippen LogP contribution in [0.1, 0.15) is 47.5 Å². The highest BCUT2D eigenvalue weighted by molar-refractivity contribution is 5.08. The van der Waals surface area contributed by atoms with Gasteiger partial charge in [-0.25, -0.2) is 0 Å². The van der Waals surface area contributed by atoms with Crippen LogP contribution in [0.5, 0.6) is 0 Å². The zero-order chi connectivity index (χ0) is 12.0. The predicted octanol–water partition coefficient (Wildman–Crippen LogP) is 2.83. The summed E-state index contributed by atoms with van der Waals surface area (Å²) in [6.07, 6.45) is 2.49. The average Bonchev–Trinajstić information content (AvgIpc) is 2.37. The van der Waals surface area contributed by atoms with E-state index in [0.717, 1.165) is 13.2 Å². The molecule has 1 N–H and O–H groups in total. The molecular formula is C14H27NO. The van der Waals surface area contributed by atoms with Crippen LogP contribution in [-0.4, -0.2) is 24.8 Å². The minimum Gasteiger partial charge on any atom is -0.372 e. The molecule has 2 heteroatoms. The topological polar surface area (TPSA) is 21.3 Å². The predicted molar refractivity (Wildman–Crippen MR) is 67.5 cm³/mol. The van der Waals surface area contributed by atoms with Gasteiger partial charge in [0.2, 0.25) is 0 Å². The van der Waals surface area contributed by atoms with E-state index in [-0.39, 0.29) is 5.60 Å². The molecule has 2 rings (SSSR count). The molecule has 1 saturated heterocycles. The highest BCUT2D eigenvalue weighted by Gasteiger charge is 2.55. The number of rotatable bonds is 1. The lowest BCUT2D eigenvalue weighted by Gasteiger charge is -2.47. The van der Waals surface area contributed by atoms with Gasteiger partial charge in [0, 0.05) is 12.6 Å². The van der Waals surface area contributed by atoms with Crippen molar-refractivity contribution in [3.63, 3.8) is 0 Å². The van der Waals surface area contributed by atoms with Crippen molar-refractivity contribution < 1.29 is 4.74 Å². The van der Waals surface area contributed by atoms with Crippen LogP contribution in [0.4, 0.5) is 0 Å². The van der Waals surface area contributed by atoms with Crippen LogP contribution < -0.4 is 5.32 Å². The van der Waals surface area contributed by atoms with Gasteiger partial charge in [0.05, 0.1) is 12.2 Å². The lowest BCUT2D eigenvalue weighted by Crippen LogP contribution is -2.61. The normalized spacial score (nSPS) is 43.1. The summed E-state index contributed by atoms with van der Waals surface area (Å²) < 4.78 is 6.29. The third-order valence-electron chi connectivity index (χ3n) is 4.48. The molecule has 1 heterocycles. The molecule has 0 amide bonds. The zero-order valence-corrected chi connectivity index (χ0v) is 11.5. The lowest BCUT2D eigenvalue weighted by atomic mass is 9.77. The van der Waals surface area contributed by atoms with Crippen LogP contribution in [-0.2, 0) is 4.74 Å². The second-order valence-corrected chi connectivity index (χ2v) is 6.93. The Labute approximate surface area is 100 Å². The minimum atomic E-state index is 0.0932. The Morgan fingerprint density at radius 3 is 2.50 bits per heavy atom. The van der Waals surface area contributed by atoms with Crippen molar-refractivity contribution in [1.29, 1.82) is 0 Å². The van der Waals surface area contributed by atoms with Crippen molar-refractivity contribution in [3.05, 3.63) is 0 Å². The first kappa shape index (κ1) is 12.4. The molecule has 0 radical (unpaired) electrons. The van der Waals surface area contributed by atoms with Gasteiger partial charge in [-0.1, -0.05) is 34.6 Å². The zero-order valence-electron chi connectivity index (χ0n) is 11.5. The molecule has 2 fully saturated rings. The van der Waals surface area contributed by atoms with E-state index in [2.05, 4.69) is 39.9 Å². The van der Waals surface area contributed by atoms with E-state index in [9.17, 15) is 0 Å². The van der Waals surface area contributed by atoms with Gasteiger partial charge in [0.1, 0.15) is 0 Å². The maximum atomic E-state index is 6.29. The molecule has 2 nitrogen and oxygen atoms in total. The summed E-state index contributed by atoms with van der Waals surface area (Å²) in [4.78, 5) is 0. The van der Waals surface area contributed by atoms with Gasteiger partial charge in [0.25, 0.3) is 0 Å². The summed E-state index contributed by atoms with van der Waals surface area (Å²) in [5, 5.41) is 3.69. The molecule has 3 atom stereocenters. The van der Waals surface area contributed by atoms with Crippen LogP contribution in [0.3, 0.4) is 0 Å². The quantitative estimate of drug-likeness (QED) is 0.741. The van der Waals surface area contributed by atoms with Crippen LogP contribution in [0.25, 0.3) is 0 Å². The summed E-state index contributed by atoms with van der Waals surface area (Å²) in [6.45, 7) is 13.7. The fourth-order valence-corrected chi connectivity index (χ4v) is 4.12. The molecular weight excluding hydrogens is 198 g/mol. The largest absolute Gasteiger partial charge is 0.372 e. The van der Waals surface area contributed by atoms with E-state index in [1.807, 2.05) is 0 Å². The van der Waals surface area contributed by atoms with Gasteiger partial charge >= 0.3 is 0 Å². The second-order valence-electron chi connectivity index (χ2n) is 6.93. The summed E-state index contributed by atoms with van der Waals surface area (Å²) >= 11 is 0. The highest BCUT2D eigenvalue weighted by atomic mass is 16.5. The maximum Gasteiger partial charge on any atom is 0.0868 e. The minimum absolute atomic E-state index is 0.0932. The third kappa shape index (κ3) is 1.91. The van der Waals surface area contributed by atoms with Crippen LogP contribution in [0.2, 0.25) is 0 Å². The average molecular weight is 225 g/mol. The molecule has 2 aliphatic rings. The number of hydrogen-bond donors (Lipinski definition) is 1. The van der Waals surface area contributed by atoms with Gasteiger partial charge in [-0.3, -0.25) is 0 Å². The van der Waals surface area contributed by atoms with Gasteiger partial charge in [0.15, 0.2) is 0 Å². The van der Waals surface area contributed by atoms with Gasteiger partial charge in [-0.2, -0.15) is 0 Å². The second kappa shape index (κ2) is 3.99. The molecule has 1 aliphatic carbocycles. The molecule has 0 bridgehead atoms. The van der Waals surface area contributed by atoms with E-state index < -0.39 is 0 Å². The Morgan fingerprint density at radius 1 is 1.31 bits per heavy atom. The van der Waals surface area contributed by atoms with Crippen LogP contribution in [0, 0.1) is 17.3 Å². The van der Waals surface area contributed by atoms with Crippen molar-refractivity contribution in [3.8, 4) is 0 Å². The van der Waals surface area contributed by atoms with Crippen molar-refractivity contribution in [2.75, 3.05) is 13.2 Å². The molecule has 1 aliphatic heterocycles. The highest BCUT2D eigenvalue weighted by Crippen LogP contribution is 2.52. The van der Waals surface area contributed by atoms with Gasteiger partial charge in [-0.15, -0.1) is 0 Å². The molecule has 1 saturated carbocycles. The van der Waals surface area contributed by atoms with E-state index in [1.165, 1.54) is 12.8 Å². The molecule has 16 heavy (non-hydrogen) atoms. The molecule has 0 aromatic rings. The Balaban J connectivity index is 2.27. The fourth-order valence-electron chi connectivity index (χ4n) is 4.12. The molecule has 3 unspecified atom stereocenters. The summed E-state index contributed by atoms with van der Waals surface area (Å²) in [6, 6.07) is 0.526. The molecule has 94 valence electrons. The molecule has 0 aromatic heterocycles. The van der Waals surface area contributed by atoms with Gasteiger partial charge < -0.3 is 10.1 Å². The van der Waals surface area contributed by atoms with E-state index in [0.29, 0.717) is 23.3 Å². The fraction of sp³-hybridized carbons (Fsp3) is 1.00. The summed E-state index contributed by atoms with van der Waals surface area (Å²) in [5.74, 6) is 1.32. The first-order chi connectivity index (χ1) is 7.37. The first-order valence-corrected chi connectivity index (χ1v) is 6.75. The van der Waals surface area contributed by atoms with Crippen LogP contribution >= 0.6 is 0 Å².